The van der Waals surface area contributed by atoms with E-state index in [-0.39, 0.29) is 5.25 Å². The first-order chi connectivity index (χ1) is 13.0. The lowest BCUT2D eigenvalue weighted by Gasteiger charge is -2.20. The maximum atomic E-state index is 11.5. The normalized spacial score (nSPS) is 19.0. The van der Waals surface area contributed by atoms with Crippen LogP contribution in [0.3, 0.4) is 0 Å². The van der Waals surface area contributed by atoms with Crippen LogP contribution in [0.5, 0.6) is 0 Å². The molecule has 3 aromatic rings. The summed E-state index contributed by atoms with van der Waals surface area (Å²) in [5.41, 5.74) is 9.38. The van der Waals surface area contributed by atoms with E-state index in [1.165, 1.54) is 0 Å². The number of H-pyrrole nitrogens is 1. The average molecular weight is 400 g/mol. The number of pyridine rings is 1. The number of aromatic nitrogens is 3. The molecule has 2 aromatic heterocycles. The Bertz CT molecular complexity index is 991. The van der Waals surface area contributed by atoms with Gasteiger partial charge in [0, 0.05) is 34.1 Å². The number of halogens is 1. The van der Waals surface area contributed by atoms with Crippen LogP contribution in [0.25, 0.3) is 11.4 Å². The third kappa shape index (κ3) is 3.40. The minimum Gasteiger partial charge on any atom is -0.367 e. The van der Waals surface area contributed by atoms with Crippen molar-refractivity contribution in [2.24, 2.45) is 5.73 Å². The molecule has 3 heterocycles. The Hall–Kier alpha value is -2.51. The summed E-state index contributed by atoms with van der Waals surface area (Å²) >= 11 is 8.35. The molecule has 0 spiro atoms. The summed E-state index contributed by atoms with van der Waals surface area (Å²) in [7, 11) is 0. The molecule has 0 saturated heterocycles. The Balaban J connectivity index is 1.87. The van der Waals surface area contributed by atoms with E-state index < -0.39 is 5.91 Å². The number of nitrogens with two attached hydrogens (primary N) is 1. The number of fused-ring (bicyclic) bond motifs is 1. The Morgan fingerprint density at radius 3 is 2.89 bits per heavy atom. The second-order valence-corrected chi connectivity index (χ2v) is 8.34. The summed E-state index contributed by atoms with van der Waals surface area (Å²) in [6.07, 6.45) is 1.76. The molecule has 4 rings (SSSR count). The second-order valence-electron chi connectivity index (χ2n) is 6.38. The molecule has 1 amide bonds. The number of nitrogens with one attached hydrogen (secondary N) is 2. The molecular formula is C19H18ClN5OS. The number of primary amides is 1. The van der Waals surface area contributed by atoms with Crippen molar-refractivity contribution in [1.29, 1.82) is 0 Å². The highest BCUT2D eigenvalue weighted by Crippen LogP contribution is 2.48. The number of benzene rings is 1. The summed E-state index contributed by atoms with van der Waals surface area (Å²) in [6, 6.07) is 11.0. The van der Waals surface area contributed by atoms with Gasteiger partial charge in [0.2, 0.25) is 5.91 Å². The lowest BCUT2D eigenvalue weighted by Crippen LogP contribution is -2.12. The van der Waals surface area contributed by atoms with E-state index in [4.69, 9.17) is 17.3 Å². The van der Waals surface area contributed by atoms with Gasteiger partial charge in [0.05, 0.1) is 16.6 Å². The van der Waals surface area contributed by atoms with Crippen molar-refractivity contribution in [1.82, 2.24) is 15.2 Å². The summed E-state index contributed by atoms with van der Waals surface area (Å²) in [6.45, 7) is 2.95. The zero-order chi connectivity index (χ0) is 19.0. The smallest absolute Gasteiger partial charge is 0.248 e. The molecule has 0 fully saturated rings. The molecule has 138 valence electrons. The number of anilines is 1. The van der Waals surface area contributed by atoms with Gasteiger partial charge < -0.3 is 11.1 Å². The van der Waals surface area contributed by atoms with Gasteiger partial charge in [-0.15, -0.1) is 11.8 Å². The maximum absolute atomic E-state index is 11.5. The quantitative estimate of drug-likeness (QED) is 0.621. The highest BCUT2D eigenvalue weighted by Gasteiger charge is 2.31. The van der Waals surface area contributed by atoms with Crippen LogP contribution in [0.1, 0.15) is 33.7 Å². The van der Waals surface area contributed by atoms with E-state index in [2.05, 4.69) is 27.4 Å². The summed E-state index contributed by atoms with van der Waals surface area (Å²) in [5, 5.41) is 11.8. The second kappa shape index (κ2) is 7.25. The number of hydrogen-bond acceptors (Lipinski definition) is 5. The fourth-order valence-corrected chi connectivity index (χ4v) is 4.87. The molecule has 2 atom stereocenters. The number of carbonyl (C=O) groups excluding carboxylic acids is 1. The molecule has 0 bridgehead atoms. The minimum atomic E-state index is -0.495. The van der Waals surface area contributed by atoms with Crippen LogP contribution in [0, 0.1) is 0 Å². The standard InChI is InChI=1S/C19H18ClN5OS/c1-10-9-23-19-15(16(24-25-19)14-4-2-3-7-22-14)17(27-10)12-6-5-11(18(21)26)8-13(12)20/h2-8,10,17H,9H2,1H3,(H2,21,26)(H2,23,24,25). The van der Waals surface area contributed by atoms with Crippen LogP contribution in [-0.2, 0) is 0 Å². The highest BCUT2D eigenvalue weighted by molar-refractivity contribution is 8.00. The number of aromatic amines is 1. The van der Waals surface area contributed by atoms with E-state index in [9.17, 15) is 4.79 Å². The first kappa shape index (κ1) is 17.9. The molecule has 2 unspecified atom stereocenters. The van der Waals surface area contributed by atoms with Crippen molar-refractivity contribution in [3.63, 3.8) is 0 Å². The van der Waals surface area contributed by atoms with E-state index in [0.717, 1.165) is 34.9 Å². The van der Waals surface area contributed by atoms with Gasteiger partial charge in [-0.25, -0.2) is 0 Å². The third-order valence-electron chi connectivity index (χ3n) is 4.48. The fourth-order valence-electron chi connectivity index (χ4n) is 3.16. The van der Waals surface area contributed by atoms with Gasteiger partial charge >= 0.3 is 0 Å². The predicted molar refractivity (Wildman–Crippen MR) is 109 cm³/mol. The first-order valence-corrected chi connectivity index (χ1v) is 9.85. The summed E-state index contributed by atoms with van der Waals surface area (Å²) in [4.78, 5) is 15.9. The average Bonchev–Trinajstić information content (AvgIpc) is 3.02. The van der Waals surface area contributed by atoms with Gasteiger partial charge in [-0.2, -0.15) is 5.10 Å². The predicted octanol–water partition coefficient (Wildman–Crippen LogP) is 3.86. The topological polar surface area (TPSA) is 96.7 Å². The number of amides is 1. The third-order valence-corrected chi connectivity index (χ3v) is 6.20. The molecule has 8 heteroatoms. The number of carbonyl (C=O) groups is 1. The highest BCUT2D eigenvalue weighted by atomic mass is 35.5. The first-order valence-electron chi connectivity index (χ1n) is 8.53. The van der Waals surface area contributed by atoms with E-state index in [1.54, 1.807) is 30.1 Å². The van der Waals surface area contributed by atoms with E-state index in [1.807, 2.05) is 24.3 Å². The lowest BCUT2D eigenvalue weighted by atomic mass is 10.0. The van der Waals surface area contributed by atoms with Gasteiger partial charge in [0.1, 0.15) is 0 Å². The molecule has 0 radical (unpaired) electrons. The number of rotatable bonds is 3. The van der Waals surface area contributed by atoms with Gasteiger partial charge in [0.15, 0.2) is 5.82 Å². The van der Waals surface area contributed by atoms with Crippen LogP contribution in [-0.4, -0.2) is 32.9 Å². The van der Waals surface area contributed by atoms with Crippen molar-refractivity contribution < 1.29 is 4.79 Å². The fraction of sp³-hybridized carbons (Fsp3) is 0.211. The molecule has 27 heavy (non-hydrogen) atoms. The maximum Gasteiger partial charge on any atom is 0.248 e. The Morgan fingerprint density at radius 2 is 2.19 bits per heavy atom. The van der Waals surface area contributed by atoms with E-state index in [0.29, 0.717) is 15.8 Å². The summed E-state index contributed by atoms with van der Waals surface area (Å²) < 4.78 is 0. The van der Waals surface area contributed by atoms with Crippen molar-refractivity contribution in [3.05, 3.63) is 64.3 Å². The monoisotopic (exact) mass is 399 g/mol. The number of hydrogen-bond donors (Lipinski definition) is 3. The molecule has 1 aliphatic heterocycles. The van der Waals surface area contributed by atoms with E-state index >= 15 is 0 Å². The number of thioether (sulfide) groups is 1. The molecule has 0 saturated carbocycles. The van der Waals surface area contributed by atoms with Crippen LogP contribution < -0.4 is 11.1 Å². The lowest BCUT2D eigenvalue weighted by molar-refractivity contribution is 0.100. The molecule has 0 aliphatic carbocycles. The van der Waals surface area contributed by atoms with Crippen LogP contribution in [0.2, 0.25) is 5.02 Å². The minimum absolute atomic E-state index is 0.0600. The summed E-state index contributed by atoms with van der Waals surface area (Å²) in [5.74, 6) is 0.303. The van der Waals surface area contributed by atoms with Crippen molar-refractivity contribution in [2.75, 3.05) is 11.9 Å². The molecule has 4 N–H and O–H groups in total. The Morgan fingerprint density at radius 1 is 1.33 bits per heavy atom. The molecule has 6 nitrogen and oxygen atoms in total. The van der Waals surface area contributed by atoms with Gasteiger partial charge in [-0.1, -0.05) is 30.7 Å². The van der Waals surface area contributed by atoms with Crippen LogP contribution in [0.4, 0.5) is 5.82 Å². The van der Waals surface area contributed by atoms with Crippen LogP contribution in [0.15, 0.2) is 42.6 Å². The molecular weight excluding hydrogens is 382 g/mol. The van der Waals surface area contributed by atoms with Crippen molar-refractivity contribution in [3.8, 4) is 11.4 Å². The molecule has 1 aromatic carbocycles. The zero-order valence-electron chi connectivity index (χ0n) is 14.6. The number of nitrogens with zero attached hydrogens (tertiary/aromatic N) is 2. The van der Waals surface area contributed by atoms with Crippen LogP contribution >= 0.6 is 23.4 Å². The van der Waals surface area contributed by atoms with Gasteiger partial charge in [-0.05, 0) is 29.8 Å². The molecule has 1 aliphatic rings. The Kier molecular flexibility index (Phi) is 4.80. The SMILES string of the molecule is CC1CNc2n[nH]c(-c3ccccn3)c2C(c2ccc(C(N)=O)cc2Cl)S1. The van der Waals surface area contributed by atoms with Crippen molar-refractivity contribution in [2.45, 2.75) is 17.4 Å². The van der Waals surface area contributed by atoms with Crippen molar-refractivity contribution >= 4 is 35.1 Å². The zero-order valence-corrected chi connectivity index (χ0v) is 16.1. The van der Waals surface area contributed by atoms with Gasteiger partial charge in [-0.3, -0.25) is 14.9 Å². The van der Waals surface area contributed by atoms with Gasteiger partial charge in [0.25, 0.3) is 0 Å². The Labute approximate surface area is 165 Å². The largest absolute Gasteiger partial charge is 0.367 e.